The highest BCUT2D eigenvalue weighted by molar-refractivity contribution is 9.10. The van der Waals surface area contributed by atoms with E-state index in [1.54, 1.807) is 43.5 Å². The van der Waals surface area contributed by atoms with Crippen LogP contribution in [0.25, 0.3) is 6.08 Å². The van der Waals surface area contributed by atoms with Crippen molar-refractivity contribution in [2.24, 2.45) is 4.99 Å². The van der Waals surface area contributed by atoms with E-state index >= 15 is 0 Å². The number of esters is 2. The number of fused-ring (bicyclic) bond motifs is 1. The zero-order valence-electron chi connectivity index (χ0n) is 21.1. The number of methoxy groups -OCH3 is 1. The highest BCUT2D eigenvalue weighted by Gasteiger charge is 2.33. The second kappa shape index (κ2) is 12.1. The van der Waals surface area contributed by atoms with E-state index in [0.717, 1.165) is 4.88 Å². The van der Waals surface area contributed by atoms with E-state index in [0.29, 0.717) is 42.1 Å². The Bertz CT molecular complexity index is 1570. The van der Waals surface area contributed by atoms with E-state index in [9.17, 15) is 14.4 Å². The molecule has 1 aromatic carbocycles. The van der Waals surface area contributed by atoms with Crippen LogP contribution >= 0.6 is 38.6 Å². The average Bonchev–Trinajstić information content (AvgIpc) is 3.51. The van der Waals surface area contributed by atoms with E-state index in [1.807, 2.05) is 17.5 Å². The molecule has 0 fully saturated rings. The zero-order valence-corrected chi connectivity index (χ0v) is 24.3. The lowest BCUT2D eigenvalue weighted by Gasteiger charge is -2.23. The topological polar surface area (TPSA) is 105 Å². The number of thiazole rings is 1. The van der Waals surface area contributed by atoms with Crippen LogP contribution in [-0.2, 0) is 19.1 Å². The predicted molar refractivity (Wildman–Crippen MR) is 148 cm³/mol. The van der Waals surface area contributed by atoms with Gasteiger partial charge in [0.05, 0.1) is 40.6 Å². The van der Waals surface area contributed by atoms with Crippen LogP contribution in [0.1, 0.15) is 37.3 Å². The first-order valence-corrected chi connectivity index (χ1v) is 14.2. The molecular formula is C26H25BrN2O7S2. The molecule has 0 N–H and O–H groups in total. The van der Waals surface area contributed by atoms with Crippen molar-refractivity contribution in [3.63, 3.8) is 0 Å². The van der Waals surface area contributed by atoms with Crippen molar-refractivity contribution < 1.29 is 28.5 Å². The van der Waals surface area contributed by atoms with Gasteiger partial charge in [0.15, 0.2) is 22.9 Å². The first kappa shape index (κ1) is 27.8. The largest absolute Gasteiger partial charge is 0.493 e. The Morgan fingerprint density at radius 2 is 1.97 bits per heavy atom. The van der Waals surface area contributed by atoms with E-state index in [4.69, 9.17) is 18.9 Å². The lowest BCUT2D eigenvalue weighted by molar-refractivity contribution is -0.145. The maximum absolute atomic E-state index is 13.7. The van der Waals surface area contributed by atoms with Crippen LogP contribution in [-0.4, -0.2) is 43.4 Å². The third kappa shape index (κ3) is 5.62. The minimum absolute atomic E-state index is 0.216. The molecule has 1 aliphatic rings. The second-order valence-corrected chi connectivity index (χ2v) is 10.8. The fourth-order valence-electron chi connectivity index (χ4n) is 3.96. The van der Waals surface area contributed by atoms with Crippen LogP contribution < -0.4 is 24.4 Å². The molecular weight excluding hydrogens is 596 g/mol. The van der Waals surface area contributed by atoms with Crippen molar-refractivity contribution in [3.8, 4) is 11.5 Å². The molecule has 3 aromatic rings. The molecule has 0 saturated carbocycles. The van der Waals surface area contributed by atoms with E-state index in [1.165, 1.54) is 29.8 Å². The normalized spacial score (nSPS) is 15.1. The zero-order chi connectivity index (χ0) is 27.4. The summed E-state index contributed by atoms with van der Waals surface area (Å²) in [6.45, 7) is 5.41. The summed E-state index contributed by atoms with van der Waals surface area (Å²) < 4.78 is 23.8. The molecule has 9 nitrogen and oxygen atoms in total. The maximum atomic E-state index is 13.7. The van der Waals surface area contributed by atoms with Gasteiger partial charge in [0.25, 0.3) is 5.56 Å². The second-order valence-electron chi connectivity index (χ2n) is 7.95. The van der Waals surface area contributed by atoms with Crippen LogP contribution in [0.4, 0.5) is 0 Å². The molecule has 4 rings (SSSR count). The van der Waals surface area contributed by atoms with Gasteiger partial charge in [0.2, 0.25) is 0 Å². The molecule has 0 aliphatic carbocycles. The molecule has 1 aliphatic heterocycles. The molecule has 38 heavy (non-hydrogen) atoms. The molecule has 0 unspecified atom stereocenters. The number of ether oxygens (including phenoxy) is 4. The minimum Gasteiger partial charge on any atom is -0.493 e. The number of allylic oxidation sites excluding steroid dienone is 1. The molecule has 1 atom stereocenters. The summed E-state index contributed by atoms with van der Waals surface area (Å²) >= 11 is 6.15. The van der Waals surface area contributed by atoms with Gasteiger partial charge in [-0.1, -0.05) is 17.4 Å². The Hall–Kier alpha value is -3.22. The molecule has 12 heteroatoms. The number of thiophene rings is 1. The highest BCUT2D eigenvalue weighted by Crippen LogP contribution is 2.37. The summed E-state index contributed by atoms with van der Waals surface area (Å²) in [5.41, 5.74) is 1.25. The highest BCUT2D eigenvalue weighted by atomic mass is 79.9. The monoisotopic (exact) mass is 620 g/mol. The van der Waals surface area contributed by atoms with Crippen LogP contribution in [0.3, 0.4) is 0 Å². The number of carbonyl (C=O) groups is 2. The number of carbonyl (C=O) groups excluding carboxylic acids is 2. The predicted octanol–water partition coefficient (Wildman–Crippen LogP) is 3.57. The van der Waals surface area contributed by atoms with Crippen molar-refractivity contribution in [1.82, 2.24) is 4.57 Å². The lowest BCUT2D eigenvalue weighted by Crippen LogP contribution is -2.39. The third-order valence-corrected chi connectivity index (χ3v) is 8.02. The number of hydrogen-bond donors (Lipinski definition) is 0. The average molecular weight is 622 g/mol. The Labute approximate surface area is 234 Å². The maximum Gasteiger partial charge on any atom is 0.344 e. The smallest absolute Gasteiger partial charge is 0.344 e. The first-order chi connectivity index (χ1) is 18.3. The van der Waals surface area contributed by atoms with Crippen LogP contribution in [0.15, 0.2) is 55.2 Å². The summed E-state index contributed by atoms with van der Waals surface area (Å²) in [5.74, 6) is -0.274. The van der Waals surface area contributed by atoms with Crippen LogP contribution in [0, 0.1) is 0 Å². The van der Waals surface area contributed by atoms with E-state index in [2.05, 4.69) is 20.9 Å². The van der Waals surface area contributed by atoms with Gasteiger partial charge in [-0.25, -0.2) is 14.6 Å². The SMILES string of the molecule is CCOC(=O)COc1c(Br)cc(/C=c2\sc3n(c2=O)[C@@H](c2cccs2)C(C(=O)OCC)=C(C)N=3)cc1OC. The van der Waals surface area contributed by atoms with Crippen molar-refractivity contribution in [1.29, 1.82) is 0 Å². The molecule has 200 valence electrons. The number of rotatable bonds is 9. The molecule has 2 aromatic heterocycles. The van der Waals surface area contributed by atoms with Crippen LogP contribution in [0.5, 0.6) is 11.5 Å². The van der Waals surface area contributed by atoms with Gasteiger partial charge < -0.3 is 18.9 Å². The Morgan fingerprint density at radius 1 is 1.21 bits per heavy atom. The fourth-order valence-corrected chi connectivity index (χ4v) is 6.40. The molecule has 0 saturated heterocycles. The Kier molecular flexibility index (Phi) is 8.85. The van der Waals surface area contributed by atoms with E-state index in [-0.39, 0.29) is 25.4 Å². The summed E-state index contributed by atoms with van der Waals surface area (Å²) in [4.78, 5) is 44.2. The van der Waals surface area contributed by atoms with Crippen LogP contribution in [0.2, 0.25) is 0 Å². The number of hydrogen-bond acceptors (Lipinski definition) is 10. The van der Waals surface area contributed by atoms with Gasteiger partial charge in [-0.3, -0.25) is 9.36 Å². The minimum atomic E-state index is -0.632. The summed E-state index contributed by atoms with van der Waals surface area (Å²) in [6, 6.07) is 6.60. The van der Waals surface area contributed by atoms with Gasteiger partial charge in [-0.15, -0.1) is 11.3 Å². The lowest BCUT2D eigenvalue weighted by atomic mass is 10.0. The number of halogens is 1. The van der Waals surface area contributed by atoms with Crippen molar-refractivity contribution in [2.75, 3.05) is 26.9 Å². The summed E-state index contributed by atoms with van der Waals surface area (Å²) in [5, 5.41) is 1.90. The molecule has 0 spiro atoms. The van der Waals surface area contributed by atoms with Gasteiger partial charge in [-0.2, -0.15) is 0 Å². The van der Waals surface area contributed by atoms with Crippen molar-refractivity contribution in [3.05, 3.63) is 75.5 Å². The Balaban J connectivity index is 1.79. The van der Waals surface area contributed by atoms with Gasteiger partial charge in [-0.05, 0) is 71.9 Å². The first-order valence-electron chi connectivity index (χ1n) is 11.7. The van der Waals surface area contributed by atoms with Gasteiger partial charge in [0.1, 0.15) is 6.04 Å². The van der Waals surface area contributed by atoms with E-state index < -0.39 is 18.0 Å². The summed E-state index contributed by atoms with van der Waals surface area (Å²) in [6.07, 6.45) is 1.72. The Morgan fingerprint density at radius 3 is 2.63 bits per heavy atom. The van der Waals surface area contributed by atoms with Crippen molar-refractivity contribution >= 4 is 56.6 Å². The third-order valence-electron chi connectivity index (χ3n) is 5.52. The van der Waals surface area contributed by atoms with Gasteiger partial charge >= 0.3 is 11.9 Å². The molecule has 3 heterocycles. The van der Waals surface area contributed by atoms with Crippen molar-refractivity contribution in [2.45, 2.75) is 26.8 Å². The molecule has 0 bridgehead atoms. The number of nitrogens with zero attached hydrogens (tertiary/aromatic N) is 2. The van der Waals surface area contributed by atoms with Gasteiger partial charge in [0, 0.05) is 4.88 Å². The number of benzene rings is 1. The summed E-state index contributed by atoms with van der Waals surface area (Å²) in [7, 11) is 1.48. The quantitative estimate of drug-likeness (QED) is 0.337. The number of aromatic nitrogens is 1. The standard InChI is InChI=1S/C26H25BrN2O7S2/c1-5-34-20(30)13-36-23-16(27)10-15(11-17(23)33-4)12-19-24(31)29-22(18-8-7-9-37-18)21(25(32)35-6-2)14(3)28-26(29)38-19/h7-12,22H,5-6,13H2,1-4H3/b19-12-/t22-/m0/s1. The molecule has 0 radical (unpaired) electrons. The molecule has 0 amide bonds. The fraction of sp³-hybridized carbons (Fsp3) is 0.308.